The average Bonchev–Trinajstić information content (AvgIpc) is 2.38. The van der Waals surface area contributed by atoms with Gasteiger partial charge in [0.1, 0.15) is 5.82 Å². The Morgan fingerprint density at radius 1 is 1.50 bits per heavy atom. The van der Waals surface area contributed by atoms with Crippen LogP contribution in [0.25, 0.3) is 0 Å². The zero-order valence-electron chi connectivity index (χ0n) is 8.54. The smallest absolute Gasteiger partial charge is 0.138 e. The normalized spacial score (nSPS) is 17.8. The molecule has 1 aromatic rings. The summed E-state index contributed by atoms with van der Waals surface area (Å²) in [5.41, 5.74) is 3.13. The van der Waals surface area contributed by atoms with Crippen molar-refractivity contribution in [3.8, 4) is 0 Å². The lowest BCUT2D eigenvalue weighted by Crippen LogP contribution is -2.19. The van der Waals surface area contributed by atoms with Crippen molar-refractivity contribution in [3.05, 3.63) is 27.5 Å². The molecule has 1 nitrogen and oxygen atoms in total. The van der Waals surface area contributed by atoms with E-state index in [1.54, 1.807) is 6.07 Å². The second-order valence-electron chi connectivity index (χ2n) is 4.48. The molecule has 0 aromatic heterocycles. The molecule has 1 aromatic carbocycles. The Morgan fingerprint density at radius 3 is 2.79 bits per heavy atom. The van der Waals surface area contributed by atoms with E-state index in [9.17, 15) is 4.39 Å². The summed E-state index contributed by atoms with van der Waals surface area (Å²) in [6, 6.07) is 1.57. The van der Waals surface area contributed by atoms with Crippen LogP contribution in [0.3, 0.4) is 0 Å². The number of nitrogens with one attached hydrogen (secondary N) is 1. The number of benzene rings is 1. The Hall–Kier alpha value is -0.570. The number of aryl methyl sites for hydroxylation is 1. The zero-order chi connectivity index (χ0) is 10.5. The van der Waals surface area contributed by atoms with Crippen LogP contribution in [0.4, 0.5) is 10.1 Å². The van der Waals surface area contributed by atoms with Gasteiger partial charge in [-0.05, 0) is 34.5 Å². The van der Waals surface area contributed by atoms with Gasteiger partial charge in [-0.3, -0.25) is 0 Å². The van der Waals surface area contributed by atoms with Gasteiger partial charge in [0.15, 0.2) is 0 Å². The van der Waals surface area contributed by atoms with Crippen LogP contribution < -0.4 is 5.32 Å². The fraction of sp³-hybridized carbons (Fsp3) is 0.455. The second kappa shape index (κ2) is 2.96. The minimum Gasteiger partial charge on any atom is -0.384 e. The van der Waals surface area contributed by atoms with E-state index in [1.807, 2.05) is 6.92 Å². The summed E-state index contributed by atoms with van der Waals surface area (Å²) in [5, 5.41) is 3.33. The quantitative estimate of drug-likeness (QED) is 0.749. The maximum absolute atomic E-state index is 13.5. The predicted octanol–water partition coefficient (Wildman–Crippen LogP) is 3.60. The number of hydrogen-bond acceptors (Lipinski definition) is 1. The first-order chi connectivity index (χ1) is 6.43. The van der Waals surface area contributed by atoms with Gasteiger partial charge in [0.2, 0.25) is 0 Å². The lowest BCUT2D eigenvalue weighted by Gasteiger charge is -2.19. The molecule has 2 rings (SSSR count). The van der Waals surface area contributed by atoms with Gasteiger partial charge in [-0.2, -0.15) is 0 Å². The lowest BCUT2D eigenvalue weighted by molar-refractivity contribution is 0.566. The Balaban J connectivity index is 2.75. The van der Waals surface area contributed by atoms with Crippen LogP contribution in [0, 0.1) is 12.7 Å². The molecule has 14 heavy (non-hydrogen) atoms. The van der Waals surface area contributed by atoms with E-state index in [-0.39, 0.29) is 11.2 Å². The fourth-order valence-electron chi connectivity index (χ4n) is 2.01. The summed E-state index contributed by atoms with van der Waals surface area (Å²) in [5.74, 6) is -0.168. The minimum atomic E-state index is -0.168. The molecule has 1 aliphatic rings. The highest BCUT2D eigenvalue weighted by Gasteiger charge is 2.34. The summed E-state index contributed by atoms with van der Waals surface area (Å²) in [4.78, 5) is 0. The van der Waals surface area contributed by atoms with Gasteiger partial charge in [0.05, 0.1) is 4.47 Å². The van der Waals surface area contributed by atoms with Crippen molar-refractivity contribution >= 4 is 21.6 Å². The number of anilines is 1. The maximum atomic E-state index is 13.5. The molecule has 76 valence electrons. The summed E-state index contributed by atoms with van der Waals surface area (Å²) in [6.07, 6.45) is 0. The van der Waals surface area contributed by atoms with Crippen molar-refractivity contribution in [3.63, 3.8) is 0 Å². The zero-order valence-corrected chi connectivity index (χ0v) is 10.1. The molecule has 0 spiro atoms. The molecule has 0 saturated heterocycles. The highest BCUT2D eigenvalue weighted by molar-refractivity contribution is 9.10. The fourth-order valence-corrected chi connectivity index (χ4v) is 2.86. The van der Waals surface area contributed by atoms with Crippen LogP contribution in [0.2, 0.25) is 0 Å². The van der Waals surface area contributed by atoms with Crippen molar-refractivity contribution in [2.45, 2.75) is 26.2 Å². The van der Waals surface area contributed by atoms with Gasteiger partial charge in [-0.25, -0.2) is 4.39 Å². The molecule has 0 fully saturated rings. The third-order valence-electron chi connectivity index (χ3n) is 2.80. The summed E-state index contributed by atoms with van der Waals surface area (Å²) < 4.78 is 14.1. The first-order valence-electron chi connectivity index (χ1n) is 4.66. The number of halogens is 2. The molecule has 0 unspecified atom stereocenters. The topological polar surface area (TPSA) is 12.0 Å². The van der Waals surface area contributed by atoms with Crippen molar-refractivity contribution in [1.82, 2.24) is 0 Å². The lowest BCUT2D eigenvalue weighted by atomic mass is 9.86. The molecule has 0 saturated carbocycles. The van der Waals surface area contributed by atoms with Crippen molar-refractivity contribution in [2.24, 2.45) is 0 Å². The van der Waals surface area contributed by atoms with Gasteiger partial charge < -0.3 is 5.32 Å². The Labute approximate surface area is 91.8 Å². The molecular formula is C11H13BrFN. The number of fused-ring (bicyclic) bond motifs is 1. The van der Waals surface area contributed by atoms with E-state index in [1.165, 1.54) is 0 Å². The van der Waals surface area contributed by atoms with Crippen LogP contribution >= 0.6 is 15.9 Å². The maximum Gasteiger partial charge on any atom is 0.138 e. The average molecular weight is 258 g/mol. The second-order valence-corrected chi connectivity index (χ2v) is 5.27. The van der Waals surface area contributed by atoms with Crippen LogP contribution in [-0.2, 0) is 5.41 Å². The predicted molar refractivity (Wildman–Crippen MR) is 60.4 cm³/mol. The van der Waals surface area contributed by atoms with Crippen molar-refractivity contribution < 1.29 is 4.39 Å². The standard InChI is InChI=1S/C11H13BrFN/c1-6-4-7(13)9(12)8-10(6)14-5-11(8,2)3/h4,14H,5H2,1-3H3. The van der Waals surface area contributed by atoms with E-state index in [0.717, 1.165) is 23.4 Å². The van der Waals surface area contributed by atoms with Gasteiger partial charge in [0.25, 0.3) is 0 Å². The molecule has 0 atom stereocenters. The Morgan fingerprint density at radius 2 is 2.14 bits per heavy atom. The van der Waals surface area contributed by atoms with Crippen LogP contribution in [0.1, 0.15) is 25.0 Å². The van der Waals surface area contributed by atoms with E-state index in [2.05, 4.69) is 35.1 Å². The Kier molecular flexibility index (Phi) is 2.11. The molecule has 0 aliphatic carbocycles. The molecular weight excluding hydrogens is 245 g/mol. The minimum absolute atomic E-state index is 0.00102. The van der Waals surface area contributed by atoms with Gasteiger partial charge >= 0.3 is 0 Å². The molecule has 1 N–H and O–H groups in total. The highest BCUT2D eigenvalue weighted by Crippen LogP contribution is 2.43. The number of rotatable bonds is 0. The highest BCUT2D eigenvalue weighted by atomic mass is 79.9. The third-order valence-corrected chi connectivity index (χ3v) is 3.58. The summed E-state index contributed by atoms with van der Waals surface area (Å²) >= 11 is 3.33. The molecule has 0 amide bonds. The first kappa shape index (κ1) is 9.97. The van der Waals surface area contributed by atoms with Crippen molar-refractivity contribution in [1.29, 1.82) is 0 Å². The largest absolute Gasteiger partial charge is 0.384 e. The molecule has 1 aliphatic heterocycles. The van der Waals surface area contributed by atoms with E-state index >= 15 is 0 Å². The van der Waals surface area contributed by atoms with Crippen LogP contribution in [-0.4, -0.2) is 6.54 Å². The Bertz CT molecular complexity index is 399. The monoisotopic (exact) mass is 257 g/mol. The van der Waals surface area contributed by atoms with E-state index < -0.39 is 0 Å². The van der Waals surface area contributed by atoms with Crippen molar-refractivity contribution in [2.75, 3.05) is 11.9 Å². The van der Waals surface area contributed by atoms with Gasteiger partial charge in [-0.1, -0.05) is 13.8 Å². The molecule has 0 radical (unpaired) electrons. The van der Waals surface area contributed by atoms with Crippen LogP contribution in [0.5, 0.6) is 0 Å². The molecule has 3 heteroatoms. The summed E-state index contributed by atoms with van der Waals surface area (Å²) in [7, 11) is 0. The van der Waals surface area contributed by atoms with Crippen LogP contribution in [0.15, 0.2) is 10.5 Å². The third kappa shape index (κ3) is 1.26. The summed E-state index contributed by atoms with van der Waals surface area (Å²) in [6.45, 7) is 7.04. The van der Waals surface area contributed by atoms with E-state index in [4.69, 9.17) is 0 Å². The van der Waals surface area contributed by atoms with Gasteiger partial charge in [0, 0.05) is 23.2 Å². The van der Waals surface area contributed by atoms with E-state index in [0.29, 0.717) is 4.47 Å². The SMILES string of the molecule is Cc1cc(F)c(Br)c2c1NCC2(C)C. The first-order valence-corrected chi connectivity index (χ1v) is 5.46. The van der Waals surface area contributed by atoms with Gasteiger partial charge in [-0.15, -0.1) is 0 Å². The molecule has 0 bridgehead atoms. The number of hydrogen-bond donors (Lipinski definition) is 1. The molecule has 1 heterocycles.